The molecule has 14 aliphatic carbocycles. The summed E-state index contributed by atoms with van der Waals surface area (Å²) in [6.07, 6.45) is 28.4. The lowest BCUT2D eigenvalue weighted by Crippen LogP contribution is -2.25. The topological polar surface area (TPSA) is 0 Å². The van der Waals surface area contributed by atoms with Gasteiger partial charge in [0.2, 0.25) is 0 Å². The highest BCUT2D eigenvalue weighted by molar-refractivity contribution is 6.06. The Morgan fingerprint density at radius 1 is 0.178 bits per heavy atom. The maximum absolute atomic E-state index is 2.46. The number of hydrogen-bond acceptors (Lipinski definition) is 0. The zero-order valence-electron chi connectivity index (χ0n) is 74.6. The van der Waals surface area contributed by atoms with Crippen molar-refractivity contribution >= 4 is 18.2 Å². The molecule has 0 saturated heterocycles. The number of rotatable bonds is 2. The summed E-state index contributed by atoms with van der Waals surface area (Å²) in [5.74, 6) is 0. The van der Waals surface area contributed by atoms with Crippen LogP contribution in [0.5, 0.6) is 0 Å². The Balaban J connectivity index is 0.0000000902. The van der Waals surface area contributed by atoms with Crippen LogP contribution in [0.4, 0.5) is 0 Å². The maximum atomic E-state index is 2.46. The molecule has 0 radical (unpaired) electrons. The van der Waals surface area contributed by atoms with E-state index in [1.54, 1.807) is 44.5 Å². The van der Waals surface area contributed by atoms with Gasteiger partial charge in [0.05, 0.1) is 16.2 Å². The van der Waals surface area contributed by atoms with Crippen molar-refractivity contribution < 1.29 is 0 Å². The minimum atomic E-state index is -0.335. The maximum Gasteiger partial charge on any atom is 0.0725 e. The van der Waals surface area contributed by atoms with Gasteiger partial charge < -0.3 is 0 Å². The summed E-state index contributed by atoms with van der Waals surface area (Å²) in [4.78, 5) is 0. The lowest BCUT2D eigenvalue weighted by Gasteiger charge is -2.30. The van der Waals surface area contributed by atoms with E-state index in [1.807, 2.05) is 0 Å². The third kappa shape index (κ3) is 10.7. The highest BCUT2D eigenvalue weighted by Crippen LogP contribution is 2.67. The second kappa shape index (κ2) is 29.3. The molecule has 0 bridgehead atoms. The standard InChI is InChI=1S/C52H32.2C27H18.C21H14.C8H6/c1-7-19-43-35(13-1)36-14-2-8-20-44(36)51(43)47-23-11-5-17-39(47)41-29-27-33(31-49(41)51)25-26-34-28-30-42-40-18-6-12-24-48(40)52(50(42)32-34)45-21-9-3-15-37(45)38-16-4-10-22-46(38)52;2*1-4-10-19-16(7-1)13-22-23-14-17-8-2-5-11-20(17)26(23)27-21-12-6-3-9-18(21)15-24(27)25(19)22;1-4-10-18-15(7-1)13-14-21(18)19-11-5-2-8-16(19)17-9-3-6-12-20(17)21;1-3-7-5-2-6-8(7)4-1/h1-32H;2*1-12H,13-15H2;1-14H;1-6H/b26-25-;;;;. The predicted molar refractivity (Wildman–Crippen MR) is 558 cm³/mol. The van der Waals surface area contributed by atoms with E-state index in [4.69, 9.17) is 0 Å². The fraction of sp³-hybridized carbons (Fsp3) is 0.0667. The second-order valence-electron chi connectivity index (χ2n) is 38.6. The molecule has 0 atom stereocenters. The molecule has 0 nitrogen and oxygen atoms in total. The summed E-state index contributed by atoms with van der Waals surface area (Å²) in [6, 6.07) is 149. The Bertz CT molecular complexity index is 8080. The fourth-order valence-corrected chi connectivity index (χ4v) is 27.1. The monoisotopic (exact) mass is 1710 g/mol. The Kier molecular flexibility index (Phi) is 16.6. The van der Waals surface area contributed by atoms with E-state index in [0.29, 0.717) is 0 Å². The van der Waals surface area contributed by atoms with Crippen LogP contribution < -0.4 is 0 Å². The van der Waals surface area contributed by atoms with E-state index < -0.39 is 0 Å². The van der Waals surface area contributed by atoms with Gasteiger partial charge in [-0.3, -0.25) is 0 Å². The van der Waals surface area contributed by atoms with Gasteiger partial charge in [0.25, 0.3) is 0 Å². The van der Waals surface area contributed by atoms with Crippen molar-refractivity contribution in [2.24, 2.45) is 0 Å². The SMILES string of the molecule is C(=C/c1ccc2c(c1)C1(c3ccccc3-c3ccccc31)c1ccccc1-2)/c1ccc2c(c1)C1(c3ccccc3-c3ccccc31)c1ccccc1-2.C1=CC2(c3ccccc31)c1ccccc1-c1ccccc12.C1=CC2=CC=CC2=C1.c1ccc2c(c1)Cc1c3c(c4c(c1-2)Cc1ccccc1-4)-c1ccccc1C3.c1ccc2c(c1)Cc1c3c(c4c(c1-2)Cc1ccccc1-4)-c1ccccc1C3. The van der Waals surface area contributed by atoms with Crippen molar-refractivity contribution in [1.82, 2.24) is 0 Å². The molecule has 628 valence electrons. The van der Waals surface area contributed by atoms with E-state index in [0.717, 1.165) is 38.5 Å². The zero-order chi connectivity index (χ0) is 88.4. The highest BCUT2D eigenvalue weighted by Gasteiger charge is 2.54. The quantitative estimate of drug-likeness (QED) is 0.151. The first-order chi connectivity index (χ1) is 67.0. The smallest absolute Gasteiger partial charge is 0.0645 e. The van der Waals surface area contributed by atoms with Crippen LogP contribution in [-0.2, 0) is 54.8 Å². The van der Waals surface area contributed by atoms with Crippen LogP contribution in [0.15, 0.2) is 454 Å². The van der Waals surface area contributed by atoms with Crippen molar-refractivity contribution in [2.45, 2.75) is 54.8 Å². The molecule has 0 aromatic heterocycles. The van der Waals surface area contributed by atoms with Crippen LogP contribution in [0, 0.1) is 0 Å². The Morgan fingerprint density at radius 2 is 0.407 bits per heavy atom. The summed E-state index contributed by atoms with van der Waals surface area (Å²) in [5, 5.41) is 0. The molecule has 0 aliphatic heterocycles. The van der Waals surface area contributed by atoms with Crippen molar-refractivity contribution in [3.05, 3.63) is 599 Å². The minimum Gasteiger partial charge on any atom is -0.0645 e. The summed E-state index contributed by atoms with van der Waals surface area (Å²) in [5.41, 5.74) is 70.7. The van der Waals surface area contributed by atoms with Crippen molar-refractivity contribution in [3.8, 4) is 122 Å². The van der Waals surface area contributed by atoms with Crippen LogP contribution in [0.1, 0.15) is 145 Å². The first-order valence-corrected chi connectivity index (χ1v) is 48.2. The summed E-state index contributed by atoms with van der Waals surface area (Å²) >= 11 is 0. The van der Waals surface area contributed by atoms with Crippen LogP contribution in [-0.4, -0.2) is 0 Å². The van der Waals surface area contributed by atoms with Crippen LogP contribution in [0.25, 0.3) is 141 Å². The number of allylic oxidation sites excluding steroid dienone is 9. The van der Waals surface area contributed by atoms with E-state index in [2.05, 4.69) is 461 Å². The van der Waals surface area contributed by atoms with Crippen LogP contribution in [0.2, 0.25) is 0 Å². The molecular formula is C135H88. The number of hydrogen-bond donors (Lipinski definition) is 0. The lowest BCUT2D eigenvalue weighted by molar-refractivity contribution is 0.793. The van der Waals surface area contributed by atoms with Gasteiger partial charge >= 0.3 is 0 Å². The molecule has 0 fully saturated rings. The average Bonchev–Trinajstić information content (AvgIpc) is 1.50. The van der Waals surface area contributed by atoms with Crippen LogP contribution in [0.3, 0.4) is 0 Å². The van der Waals surface area contributed by atoms with Crippen LogP contribution >= 0.6 is 0 Å². The van der Waals surface area contributed by atoms with E-state index in [-0.39, 0.29) is 16.2 Å². The van der Waals surface area contributed by atoms with Crippen molar-refractivity contribution in [3.63, 3.8) is 0 Å². The molecule has 14 aliphatic rings. The molecular weight excluding hydrogens is 1620 g/mol. The van der Waals surface area contributed by atoms with Gasteiger partial charge in [0, 0.05) is 0 Å². The molecule has 3 spiro atoms. The zero-order valence-corrected chi connectivity index (χ0v) is 74.6. The van der Waals surface area contributed by atoms with Gasteiger partial charge in [-0.1, -0.05) is 449 Å². The van der Waals surface area contributed by atoms with Gasteiger partial charge in [0.15, 0.2) is 0 Å². The van der Waals surface area contributed by atoms with E-state index in [1.165, 1.54) is 234 Å². The van der Waals surface area contributed by atoms with Crippen molar-refractivity contribution in [2.75, 3.05) is 0 Å². The summed E-state index contributed by atoms with van der Waals surface area (Å²) in [6.45, 7) is 0. The van der Waals surface area contributed by atoms with Gasteiger partial charge in [-0.25, -0.2) is 0 Å². The van der Waals surface area contributed by atoms with Crippen molar-refractivity contribution in [1.29, 1.82) is 0 Å². The van der Waals surface area contributed by atoms with Gasteiger partial charge in [-0.05, 0) is 329 Å². The van der Waals surface area contributed by atoms with E-state index >= 15 is 0 Å². The fourth-order valence-electron chi connectivity index (χ4n) is 27.1. The Morgan fingerprint density at radius 3 is 0.726 bits per heavy atom. The molecule has 0 saturated carbocycles. The molecule has 0 amide bonds. The summed E-state index contributed by atoms with van der Waals surface area (Å²) in [7, 11) is 0. The second-order valence-corrected chi connectivity index (χ2v) is 38.6. The summed E-state index contributed by atoms with van der Waals surface area (Å²) < 4.78 is 0. The average molecular weight is 1710 g/mol. The molecule has 19 aromatic carbocycles. The molecule has 19 aromatic rings. The first kappa shape index (κ1) is 76.3. The molecule has 0 heterocycles. The first-order valence-electron chi connectivity index (χ1n) is 48.2. The Labute approximate surface area is 788 Å². The van der Waals surface area contributed by atoms with Gasteiger partial charge in [-0.2, -0.15) is 0 Å². The third-order valence-corrected chi connectivity index (χ3v) is 32.4. The van der Waals surface area contributed by atoms with Gasteiger partial charge in [0.1, 0.15) is 0 Å². The third-order valence-electron chi connectivity index (χ3n) is 32.4. The molecule has 135 heavy (non-hydrogen) atoms. The molecule has 33 rings (SSSR count). The number of fused-ring (bicyclic) bond motifs is 52. The van der Waals surface area contributed by atoms with E-state index in [9.17, 15) is 0 Å². The minimum absolute atomic E-state index is 0.0935. The molecule has 0 heteroatoms. The number of benzene rings is 19. The lowest BCUT2D eigenvalue weighted by atomic mass is 9.70. The normalized spacial score (nSPS) is 15.2. The highest BCUT2D eigenvalue weighted by atomic mass is 14.6. The largest absolute Gasteiger partial charge is 0.0725 e. The van der Waals surface area contributed by atoms with Gasteiger partial charge in [-0.15, -0.1) is 0 Å². The Hall–Kier alpha value is -16.4. The molecule has 0 N–H and O–H groups in total. The molecule has 0 unspecified atom stereocenters. The predicted octanol–water partition coefficient (Wildman–Crippen LogP) is 32.4.